The molecule has 0 aliphatic heterocycles. The molecule has 1 aromatic rings. The van der Waals surface area contributed by atoms with Gasteiger partial charge in [0.15, 0.2) is 0 Å². The zero-order chi connectivity index (χ0) is 15.3. The highest BCUT2D eigenvalue weighted by molar-refractivity contribution is 5.88. The summed E-state index contributed by atoms with van der Waals surface area (Å²) in [5.41, 5.74) is -2.11. The number of anilines is 1. The molecular weight excluding hydrogens is 275 g/mol. The highest BCUT2D eigenvalue weighted by atomic mass is 19.4. The van der Waals surface area contributed by atoms with Crippen molar-refractivity contribution >= 4 is 11.7 Å². The van der Waals surface area contributed by atoms with Crippen LogP contribution in [0.1, 0.15) is 15.9 Å². The summed E-state index contributed by atoms with van der Waals surface area (Å²) in [6, 6.07) is 5.74. The van der Waals surface area contributed by atoms with Gasteiger partial charge in [0.05, 0.1) is 29.0 Å². The molecular formula is C12H8F3N3O2. The molecule has 104 valence electrons. The van der Waals surface area contributed by atoms with Crippen molar-refractivity contribution in [1.82, 2.24) is 0 Å². The van der Waals surface area contributed by atoms with Crippen LogP contribution in [-0.2, 0) is 6.18 Å². The first-order valence-corrected chi connectivity index (χ1v) is 5.24. The van der Waals surface area contributed by atoms with E-state index in [-0.39, 0.29) is 0 Å². The first kappa shape index (κ1) is 15.3. The molecule has 0 atom stereocenters. The van der Waals surface area contributed by atoms with Crippen molar-refractivity contribution in [3.63, 3.8) is 0 Å². The van der Waals surface area contributed by atoms with Gasteiger partial charge in [0, 0.05) is 0 Å². The predicted octanol–water partition coefficient (Wildman–Crippen LogP) is 2.26. The summed E-state index contributed by atoms with van der Waals surface area (Å²) in [5, 5.41) is 25.9. The molecule has 1 N–H and O–H groups in total. The van der Waals surface area contributed by atoms with Crippen LogP contribution in [0.2, 0.25) is 0 Å². The zero-order valence-electron chi connectivity index (χ0n) is 9.98. The van der Waals surface area contributed by atoms with E-state index in [0.29, 0.717) is 6.07 Å². The van der Waals surface area contributed by atoms with E-state index in [4.69, 9.17) is 15.6 Å². The number of aromatic carboxylic acids is 1. The van der Waals surface area contributed by atoms with E-state index in [0.717, 1.165) is 17.0 Å². The van der Waals surface area contributed by atoms with Crippen LogP contribution in [0.15, 0.2) is 18.2 Å². The maximum Gasteiger partial charge on any atom is 0.418 e. The fourth-order valence-electron chi connectivity index (χ4n) is 1.57. The average molecular weight is 283 g/mol. The van der Waals surface area contributed by atoms with E-state index in [1.165, 1.54) is 0 Å². The van der Waals surface area contributed by atoms with Crippen LogP contribution in [0, 0.1) is 22.7 Å². The van der Waals surface area contributed by atoms with Crippen molar-refractivity contribution in [1.29, 1.82) is 10.5 Å². The molecule has 0 unspecified atom stereocenters. The molecule has 0 aliphatic carbocycles. The maximum absolute atomic E-state index is 12.9. The Morgan fingerprint density at radius 3 is 2.20 bits per heavy atom. The second-order valence-corrected chi connectivity index (χ2v) is 3.71. The Balaban J connectivity index is 3.42. The summed E-state index contributed by atoms with van der Waals surface area (Å²) in [7, 11) is 0. The summed E-state index contributed by atoms with van der Waals surface area (Å²) < 4.78 is 38.8. The Morgan fingerprint density at radius 1 is 1.25 bits per heavy atom. The van der Waals surface area contributed by atoms with Gasteiger partial charge in [-0.25, -0.2) is 4.79 Å². The average Bonchev–Trinajstić information content (AvgIpc) is 2.36. The van der Waals surface area contributed by atoms with Crippen LogP contribution in [-0.4, -0.2) is 24.2 Å². The second kappa shape index (κ2) is 5.93. The van der Waals surface area contributed by atoms with Crippen LogP contribution in [0.5, 0.6) is 0 Å². The normalized spacial score (nSPS) is 10.4. The van der Waals surface area contributed by atoms with Crippen molar-refractivity contribution < 1.29 is 23.1 Å². The van der Waals surface area contributed by atoms with Crippen LogP contribution in [0.25, 0.3) is 0 Å². The number of halogens is 3. The van der Waals surface area contributed by atoms with E-state index in [2.05, 4.69) is 0 Å². The smallest absolute Gasteiger partial charge is 0.418 e. The van der Waals surface area contributed by atoms with Crippen molar-refractivity contribution in [3.05, 3.63) is 29.3 Å². The number of carboxylic acids is 1. The van der Waals surface area contributed by atoms with Gasteiger partial charge in [0.25, 0.3) is 0 Å². The topological polar surface area (TPSA) is 88.1 Å². The molecule has 0 bridgehead atoms. The number of nitrogens with zero attached hydrogens (tertiary/aromatic N) is 3. The summed E-state index contributed by atoms with van der Waals surface area (Å²) >= 11 is 0. The van der Waals surface area contributed by atoms with Gasteiger partial charge >= 0.3 is 12.1 Å². The third-order valence-corrected chi connectivity index (χ3v) is 2.41. The number of hydrogen-bond donors (Lipinski definition) is 1. The first-order valence-electron chi connectivity index (χ1n) is 5.24. The van der Waals surface area contributed by atoms with Crippen LogP contribution in [0.3, 0.4) is 0 Å². The summed E-state index contributed by atoms with van der Waals surface area (Å²) in [6.45, 7) is -0.827. The third-order valence-electron chi connectivity index (χ3n) is 2.41. The summed E-state index contributed by atoms with van der Waals surface area (Å²) in [4.78, 5) is 11.7. The van der Waals surface area contributed by atoms with Crippen molar-refractivity contribution in [2.75, 3.05) is 18.0 Å². The monoisotopic (exact) mass is 283 g/mol. The molecule has 0 aromatic heterocycles. The first-order chi connectivity index (χ1) is 9.31. The molecule has 0 fully saturated rings. The minimum Gasteiger partial charge on any atom is -0.478 e. The SMILES string of the molecule is N#CCN(CC#N)c1ccc(C(=O)O)cc1C(F)(F)F. The number of carboxylic acid groups (broad SMARTS) is 1. The minimum absolute atomic E-state index is 0.398. The number of carbonyl (C=O) groups is 1. The predicted molar refractivity (Wildman–Crippen MR) is 61.8 cm³/mol. The lowest BCUT2D eigenvalue weighted by molar-refractivity contribution is -0.137. The lowest BCUT2D eigenvalue weighted by Crippen LogP contribution is -2.27. The van der Waals surface area contributed by atoms with E-state index in [1.54, 1.807) is 12.1 Å². The zero-order valence-corrected chi connectivity index (χ0v) is 9.98. The van der Waals surface area contributed by atoms with Crippen LogP contribution in [0.4, 0.5) is 18.9 Å². The second-order valence-electron chi connectivity index (χ2n) is 3.71. The van der Waals surface area contributed by atoms with Gasteiger partial charge in [0.2, 0.25) is 0 Å². The molecule has 0 spiro atoms. The minimum atomic E-state index is -4.79. The quantitative estimate of drug-likeness (QED) is 0.856. The fraction of sp³-hybridized carbons (Fsp3) is 0.250. The van der Waals surface area contributed by atoms with Crippen LogP contribution >= 0.6 is 0 Å². The van der Waals surface area contributed by atoms with E-state index < -0.39 is 42.0 Å². The maximum atomic E-state index is 12.9. The Morgan fingerprint density at radius 2 is 1.80 bits per heavy atom. The molecule has 0 heterocycles. The van der Waals surface area contributed by atoms with Crippen molar-refractivity contribution in [2.24, 2.45) is 0 Å². The van der Waals surface area contributed by atoms with Crippen molar-refractivity contribution in [3.8, 4) is 12.1 Å². The van der Waals surface area contributed by atoms with Gasteiger partial charge in [-0.2, -0.15) is 23.7 Å². The van der Waals surface area contributed by atoms with Gasteiger partial charge in [-0.1, -0.05) is 0 Å². The molecule has 20 heavy (non-hydrogen) atoms. The fourth-order valence-corrected chi connectivity index (χ4v) is 1.57. The number of nitriles is 2. The van der Waals surface area contributed by atoms with E-state index in [1.807, 2.05) is 0 Å². The number of alkyl halides is 3. The standard InChI is InChI=1S/C12H8F3N3O2/c13-12(14,15)9-7-8(11(19)20)1-2-10(9)18(5-3-16)6-4-17/h1-2,7H,5-6H2,(H,19,20). The van der Waals surface area contributed by atoms with E-state index in [9.17, 15) is 18.0 Å². The molecule has 0 amide bonds. The Bertz CT molecular complexity index is 583. The summed E-state index contributed by atoms with van der Waals surface area (Å²) in [5.74, 6) is -1.49. The summed E-state index contributed by atoms with van der Waals surface area (Å²) in [6.07, 6.45) is -4.79. The Hall–Kier alpha value is -2.74. The third kappa shape index (κ3) is 3.39. The molecule has 1 aromatic carbocycles. The molecule has 5 nitrogen and oxygen atoms in total. The Kier molecular flexibility index (Phi) is 4.54. The molecule has 8 heteroatoms. The van der Waals surface area contributed by atoms with Crippen LogP contribution < -0.4 is 4.90 Å². The number of benzene rings is 1. The number of rotatable bonds is 4. The highest BCUT2D eigenvalue weighted by Crippen LogP contribution is 2.37. The lowest BCUT2D eigenvalue weighted by Gasteiger charge is -2.23. The molecule has 0 radical (unpaired) electrons. The largest absolute Gasteiger partial charge is 0.478 e. The van der Waals surface area contributed by atoms with Gasteiger partial charge < -0.3 is 10.0 Å². The van der Waals surface area contributed by atoms with Crippen molar-refractivity contribution in [2.45, 2.75) is 6.18 Å². The Labute approximate surface area is 112 Å². The van der Waals surface area contributed by atoms with E-state index >= 15 is 0 Å². The van der Waals surface area contributed by atoms with Gasteiger partial charge in [-0.3, -0.25) is 0 Å². The van der Waals surface area contributed by atoms with Gasteiger partial charge in [0.1, 0.15) is 13.1 Å². The lowest BCUT2D eigenvalue weighted by atomic mass is 10.1. The molecule has 1 rings (SSSR count). The number of hydrogen-bond acceptors (Lipinski definition) is 4. The highest BCUT2D eigenvalue weighted by Gasteiger charge is 2.35. The molecule has 0 saturated heterocycles. The molecule has 0 aliphatic rings. The van der Waals surface area contributed by atoms with Gasteiger partial charge in [-0.15, -0.1) is 0 Å². The molecule has 0 saturated carbocycles. The van der Waals surface area contributed by atoms with Gasteiger partial charge in [-0.05, 0) is 18.2 Å².